The number of rotatable bonds is 5. The van der Waals surface area contributed by atoms with Crippen LogP contribution in [-0.2, 0) is 4.74 Å². The van der Waals surface area contributed by atoms with Crippen LogP contribution in [0.5, 0.6) is 0 Å². The van der Waals surface area contributed by atoms with Gasteiger partial charge in [-0.05, 0) is 86.0 Å². The van der Waals surface area contributed by atoms with Crippen LogP contribution in [0, 0.1) is 18.6 Å². The van der Waals surface area contributed by atoms with Gasteiger partial charge in [0.2, 0.25) is 0 Å². The summed E-state index contributed by atoms with van der Waals surface area (Å²) in [4.78, 5) is 0. The average molecular weight is 413 g/mol. The normalized spacial score (nSPS) is 27.2. The van der Waals surface area contributed by atoms with E-state index in [1.165, 1.54) is 36.8 Å². The smallest absolute Gasteiger partial charge is 0.162 e. The maximum Gasteiger partial charge on any atom is 0.162 e. The molecular formula is C27H34F2O. The molecule has 0 N–H and O–H groups in total. The summed E-state index contributed by atoms with van der Waals surface area (Å²) in [5.74, 6) is -0.157. The number of ether oxygens (including phenoxy) is 1. The summed E-state index contributed by atoms with van der Waals surface area (Å²) in [6.07, 6.45) is 9.10. The van der Waals surface area contributed by atoms with Crippen LogP contribution < -0.4 is 0 Å². The van der Waals surface area contributed by atoms with Crippen LogP contribution >= 0.6 is 0 Å². The molecule has 1 saturated heterocycles. The molecule has 2 aliphatic rings. The predicted octanol–water partition coefficient (Wildman–Crippen LogP) is 7.78. The molecule has 162 valence electrons. The topological polar surface area (TPSA) is 9.23 Å². The molecule has 0 radical (unpaired) electrons. The van der Waals surface area contributed by atoms with Crippen LogP contribution in [0.15, 0.2) is 36.4 Å². The Balaban J connectivity index is 1.34. The highest BCUT2D eigenvalue weighted by Gasteiger charge is 2.27. The molecule has 1 nitrogen and oxygen atoms in total. The summed E-state index contributed by atoms with van der Waals surface area (Å²) < 4.78 is 34.4. The molecule has 1 heterocycles. The molecule has 0 amide bonds. The second kappa shape index (κ2) is 9.60. The minimum atomic E-state index is -0.682. The Morgan fingerprint density at radius 2 is 1.37 bits per heavy atom. The third-order valence-electron chi connectivity index (χ3n) is 7.33. The van der Waals surface area contributed by atoms with Crippen molar-refractivity contribution in [1.82, 2.24) is 0 Å². The quantitative estimate of drug-likeness (QED) is 0.487. The SMILES string of the molecule is CCCC1CCC(c2ccc(C3CCC(c4ccc(C)c(F)c4F)CC3)cc2)CO1. The lowest BCUT2D eigenvalue weighted by atomic mass is 9.75. The van der Waals surface area contributed by atoms with Crippen molar-refractivity contribution in [2.45, 2.75) is 89.1 Å². The van der Waals surface area contributed by atoms with Gasteiger partial charge in [0.15, 0.2) is 11.6 Å². The van der Waals surface area contributed by atoms with Crippen molar-refractivity contribution in [3.63, 3.8) is 0 Å². The highest BCUT2D eigenvalue weighted by molar-refractivity contribution is 5.31. The maximum atomic E-state index is 14.4. The predicted molar refractivity (Wildman–Crippen MR) is 118 cm³/mol. The largest absolute Gasteiger partial charge is 0.378 e. The molecule has 1 aliphatic heterocycles. The molecule has 4 rings (SSSR count). The molecule has 0 bridgehead atoms. The fourth-order valence-corrected chi connectivity index (χ4v) is 5.37. The Morgan fingerprint density at radius 1 is 0.767 bits per heavy atom. The van der Waals surface area contributed by atoms with Crippen molar-refractivity contribution in [3.05, 3.63) is 70.3 Å². The Labute approximate surface area is 179 Å². The van der Waals surface area contributed by atoms with Gasteiger partial charge in [-0.1, -0.05) is 49.7 Å². The first-order valence-electron chi connectivity index (χ1n) is 11.7. The van der Waals surface area contributed by atoms with Crippen molar-refractivity contribution >= 4 is 0 Å². The number of aryl methyl sites for hydroxylation is 1. The van der Waals surface area contributed by atoms with Crippen LogP contribution in [0.2, 0.25) is 0 Å². The number of hydrogen-bond donors (Lipinski definition) is 0. The van der Waals surface area contributed by atoms with Crippen molar-refractivity contribution in [1.29, 1.82) is 0 Å². The molecule has 1 saturated carbocycles. The lowest BCUT2D eigenvalue weighted by Crippen LogP contribution is -2.24. The summed E-state index contributed by atoms with van der Waals surface area (Å²) in [6, 6.07) is 12.6. The Hall–Kier alpha value is -1.74. The van der Waals surface area contributed by atoms with Gasteiger partial charge in [-0.15, -0.1) is 0 Å². The van der Waals surface area contributed by atoms with Crippen LogP contribution in [0.4, 0.5) is 8.78 Å². The van der Waals surface area contributed by atoms with E-state index in [1.54, 1.807) is 19.1 Å². The summed E-state index contributed by atoms with van der Waals surface area (Å²) in [5.41, 5.74) is 3.72. The van der Waals surface area contributed by atoms with E-state index < -0.39 is 11.6 Å². The van der Waals surface area contributed by atoms with Gasteiger partial charge in [0.05, 0.1) is 12.7 Å². The first kappa shape index (κ1) is 21.5. The van der Waals surface area contributed by atoms with Gasteiger partial charge in [0.25, 0.3) is 0 Å². The molecule has 2 unspecified atom stereocenters. The number of hydrogen-bond acceptors (Lipinski definition) is 1. The van der Waals surface area contributed by atoms with Crippen LogP contribution in [0.25, 0.3) is 0 Å². The van der Waals surface area contributed by atoms with Crippen LogP contribution in [0.3, 0.4) is 0 Å². The average Bonchev–Trinajstić information content (AvgIpc) is 2.79. The molecule has 2 aromatic carbocycles. The monoisotopic (exact) mass is 412 g/mol. The third-order valence-corrected chi connectivity index (χ3v) is 7.33. The van der Waals surface area contributed by atoms with E-state index in [9.17, 15) is 8.78 Å². The van der Waals surface area contributed by atoms with Crippen LogP contribution in [0.1, 0.15) is 98.3 Å². The van der Waals surface area contributed by atoms with Crippen molar-refractivity contribution in [2.75, 3.05) is 6.61 Å². The van der Waals surface area contributed by atoms with Gasteiger partial charge in [-0.25, -0.2) is 8.78 Å². The van der Waals surface area contributed by atoms with E-state index in [4.69, 9.17) is 4.74 Å². The second-order valence-electron chi connectivity index (χ2n) is 9.33. The molecule has 2 aromatic rings. The van der Waals surface area contributed by atoms with Crippen molar-refractivity contribution in [3.8, 4) is 0 Å². The van der Waals surface area contributed by atoms with E-state index in [1.807, 2.05) is 0 Å². The molecule has 30 heavy (non-hydrogen) atoms. The minimum Gasteiger partial charge on any atom is -0.378 e. The van der Waals surface area contributed by atoms with Gasteiger partial charge in [-0.2, -0.15) is 0 Å². The molecule has 1 aliphatic carbocycles. The zero-order valence-corrected chi connectivity index (χ0v) is 18.3. The molecule has 2 atom stereocenters. The minimum absolute atomic E-state index is 0.131. The molecular weight excluding hydrogens is 378 g/mol. The van der Waals surface area contributed by atoms with Gasteiger partial charge < -0.3 is 4.74 Å². The standard InChI is InChI=1S/C27H34F2O/c1-3-4-24-15-14-23(17-30-24)21-8-6-19(7-9-21)20-10-12-22(13-11-20)25-16-5-18(2)26(28)27(25)29/h5-9,16,20,22-24H,3-4,10-15,17H2,1-2H3. The van der Waals surface area contributed by atoms with E-state index in [0.29, 0.717) is 29.1 Å². The first-order valence-corrected chi connectivity index (χ1v) is 11.7. The lowest BCUT2D eigenvalue weighted by molar-refractivity contribution is -0.00111. The highest BCUT2D eigenvalue weighted by atomic mass is 19.2. The third kappa shape index (κ3) is 4.61. The fourth-order valence-electron chi connectivity index (χ4n) is 5.37. The Morgan fingerprint density at radius 3 is 1.97 bits per heavy atom. The summed E-state index contributed by atoms with van der Waals surface area (Å²) in [6.45, 7) is 4.68. The van der Waals surface area contributed by atoms with Crippen molar-refractivity contribution in [2.24, 2.45) is 0 Å². The van der Waals surface area contributed by atoms with Crippen LogP contribution in [-0.4, -0.2) is 12.7 Å². The Bertz CT molecular complexity index is 829. The van der Waals surface area contributed by atoms with Gasteiger partial charge in [0.1, 0.15) is 0 Å². The Kier molecular flexibility index (Phi) is 6.87. The molecule has 2 fully saturated rings. The summed E-state index contributed by atoms with van der Waals surface area (Å²) >= 11 is 0. The number of halogens is 2. The zero-order chi connectivity index (χ0) is 21.1. The van der Waals surface area contributed by atoms with E-state index in [2.05, 4.69) is 31.2 Å². The first-order chi connectivity index (χ1) is 14.6. The van der Waals surface area contributed by atoms with Crippen molar-refractivity contribution < 1.29 is 13.5 Å². The summed E-state index contributed by atoms with van der Waals surface area (Å²) in [7, 11) is 0. The van der Waals surface area contributed by atoms with Gasteiger partial charge in [-0.3, -0.25) is 0 Å². The highest BCUT2D eigenvalue weighted by Crippen LogP contribution is 2.42. The summed E-state index contributed by atoms with van der Waals surface area (Å²) in [5, 5.41) is 0. The van der Waals surface area contributed by atoms with E-state index in [-0.39, 0.29) is 5.92 Å². The molecule has 0 aromatic heterocycles. The van der Waals surface area contributed by atoms with E-state index in [0.717, 1.165) is 32.3 Å². The fraction of sp³-hybridized carbons (Fsp3) is 0.556. The zero-order valence-electron chi connectivity index (χ0n) is 18.3. The van der Waals surface area contributed by atoms with Gasteiger partial charge in [0, 0.05) is 5.92 Å². The molecule has 0 spiro atoms. The van der Waals surface area contributed by atoms with Gasteiger partial charge >= 0.3 is 0 Å². The van der Waals surface area contributed by atoms with E-state index >= 15 is 0 Å². The number of benzene rings is 2. The lowest BCUT2D eigenvalue weighted by Gasteiger charge is -2.31. The molecule has 3 heteroatoms. The second-order valence-corrected chi connectivity index (χ2v) is 9.33. The maximum absolute atomic E-state index is 14.4.